The van der Waals surface area contributed by atoms with E-state index in [0.717, 1.165) is 0 Å². The SMILES string of the molecule is COc1ccc(OC)c(NC(=O)CSc2nnc(-c3ccccc3F)n2C)c1. The number of benzene rings is 2. The van der Waals surface area contributed by atoms with Crippen molar-refractivity contribution in [1.29, 1.82) is 0 Å². The number of ether oxygens (including phenoxy) is 2. The summed E-state index contributed by atoms with van der Waals surface area (Å²) in [5, 5.41) is 11.4. The highest BCUT2D eigenvalue weighted by Crippen LogP contribution is 2.29. The van der Waals surface area contributed by atoms with Crippen LogP contribution in [0.1, 0.15) is 0 Å². The number of nitrogens with zero attached hydrogens (tertiary/aromatic N) is 3. The van der Waals surface area contributed by atoms with E-state index in [4.69, 9.17) is 9.47 Å². The highest BCUT2D eigenvalue weighted by molar-refractivity contribution is 7.99. The molecule has 0 radical (unpaired) electrons. The molecule has 0 saturated heterocycles. The number of carbonyl (C=O) groups is 1. The van der Waals surface area contributed by atoms with Crippen molar-refractivity contribution in [2.24, 2.45) is 7.05 Å². The normalized spacial score (nSPS) is 10.6. The Bertz CT molecular complexity index is 993. The van der Waals surface area contributed by atoms with Crippen LogP contribution >= 0.6 is 11.8 Å². The first-order valence-corrected chi connectivity index (χ1v) is 9.31. The number of rotatable bonds is 7. The summed E-state index contributed by atoms with van der Waals surface area (Å²) in [5.74, 6) is 1.01. The molecule has 146 valence electrons. The van der Waals surface area contributed by atoms with Crippen LogP contribution < -0.4 is 14.8 Å². The Morgan fingerprint density at radius 2 is 1.96 bits per heavy atom. The lowest BCUT2D eigenvalue weighted by Crippen LogP contribution is -2.15. The molecule has 1 aromatic heterocycles. The van der Waals surface area contributed by atoms with E-state index in [9.17, 15) is 9.18 Å². The Labute approximate surface area is 165 Å². The summed E-state index contributed by atoms with van der Waals surface area (Å²) in [4.78, 5) is 12.4. The molecule has 0 atom stereocenters. The van der Waals surface area contributed by atoms with E-state index in [1.807, 2.05) is 0 Å². The van der Waals surface area contributed by atoms with E-state index >= 15 is 0 Å². The van der Waals surface area contributed by atoms with Crippen molar-refractivity contribution >= 4 is 23.4 Å². The highest BCUT2D eigenvalue weighted by atomic mass is 32.2. The largest absolute Gasteiger partial charge is 0.497 e. The summed E-state index contributed by atoms with van der Waals surface area (Å²) in [5.41, 5.74) is 0.868. The molecule has 1 heterocycles. The topological polar surface area (TPSA) is 78.3 Å². The molecule has 7 nitrogen and oxygen atoms in total. The molecule has 1 N–H and O–H groups in total. The number of hydrogen-bond acceptors (Lipinski definition) is 6. The zero-order chi connectivity index (χ0) is 20.1. The lowest BCUT2D eigenvalue weighted by atomic mass is 10.2. The van der Waals surface area contributed by atoms with Gasteiger partial charge in [-0.05, 0) is 24.3 Å². The zero-order valence-corrected chi connectivity index (χ0v) is 16.4. The minimum Gasteiger partial charge on any atom is -0.497 e. The quantitative estimate of drug-likeness (QED) is 0.611. The first kappa shape index (κ1) is 19.7. The number of halogens is 1. The van der Waals surface area contributed by atoms with Crippen LogP contribution in [-0.2, 0) is 11.8 Å². The Kier molecular flexibility index (Phi) is 6.15. The second-order valence-corrected chi connectivity index (χ2v) is 6.69. The summed E-state index contributed by atoms with van der Waals surface area (Å²) < 4.78 is 26.1. The number of carbonyl (C=O) groups excluding carboxylic acids is 1. The second-order valence-electron chi connectivity index (χ2n) is 5.75. The maximum absolute atomic E-state index is 14.0. The third-order valence-corrected chi connectivity index (χ3v) is 4.98. The van der Waals surface area contributed by atoms with Crippen LogP contribution in [0.25, 0.3) is 11.4 Å². The van der Waals surface area contributed by atoms with Crippen molar-refractivity contribution in [3.63, 3.8) is 0 Å². The first-order valence-electron chi connectivity index (χ1n) is 8.32. The molecule has 0 bridgehead atoms. The van der Waals surface area contributed by atoms with Crippen LogP contribution in [-0.4, -0.2) is 40.6 Å². The Hall–Kier alpha value is -3.07. The molecule has 0 saturated carbocycles. The van der Waals surface area contributed by atoms with Gasteiger partial charge >= 0.3 is 0 Å². The minimum absolute atomic E-state index is 0.101. The van der Waals surface area contributed by atoms with Crippen molar-refractivity contribution in [2.75, 3.05) is 25.3 Å². The maximum Gasteiger partial charge on any atom is 0.234 e. The number of nitrogens with one attached hydrogen (secondary N) is 1. The van der Waals surface area contributed by atoms with E-state index in [2.05, 4.69) is 15.5 Å². The average Bonchev–Trinajstić information content (AvgIpc) is 3.07. The molecule has 2 aromatic carbocycles. The molecular weight excluding hydrogens is 383 g/mol. The average molecular weight is 402 g/mol. The number of hydrogen-bond donors (Lipinski definition) is 1. The molecular formula is C19H19FN4O3S. The van der Waals surface area contributed by atoms with E-state index < -0.39 is 0 Å². The van der Waals surface area contributed by atoms with Gasteiger partial charge in [-0.2, -0.15) is 0 Å². The predicted octanol–water partition coefficient (Wildman–Crippen LogP) is 3.37. The molecule has 3 aromatic rings. The van der Waals surface area contributed by atoms with Crippen molar-refractivity contribution in [3.8, 4) is 22.9 Å². The van der Waals surface area contributed by atoms with Crippen LogP contribution in [0.15, 0.2) is 47.6 Å². The molecule has 1 amide bonds. The number of anilines is 1. The zero-order valence-electron chi connectivity index (χ0n) is 15.6. The summed E-state index contributed by atoms with van der Waals surface area (Å²) in [6.07, 6.45) is 0. The standard InChI is InChI=1S/C19H19FN4O3S/c1-24-18(13-6-4-5-7-14(13)20)22-23-19(24)28-11-17(25)21-15-10-12(26-2)8-9-16(15)27-3/h4-10H,11H2,1-3H3,(H,21,25). The lowest BCUT2D eigenvalue weighted by Gasteiger charge is -2.11. The Morgan fingerprint density at radius 1 is 1.18 bits per heavy atom. The molecule has 0 aliphatic heterocycles. The van der Waals surface area contributed by atoms with Gasteiger partial charge in [0, 0.05) is 13.1 Å². The van der Waals surface area contributed by atoms with Gasteiger partial charge in [-0.3, -0.25) is 4.79 Å². The first-order chi connectivity index (χ1) is 13.5. The van der Waals surface area contributed by atoms with E-state index in [1.165, 1.54) is 24.9 Å². The van der Waals surface area contributed by atoms with Crippen LogP contribution in [0.2, 0.25) is 0 Å². The molecule has 0 spiro atoms. The van der Waals surface area contributed by atoms with Crippen molar-refractivity contribution < 1.29 is 18.7 Å². The maximum atomic E-state index is 14.0. The number of methoxy groups -OCH3 is 2. The van der Waals surface area contributed by atoms with E-state index in [0.29, 0.717) is 33.7 Å². The van der Waals surface area contributed by atoms with Crippen LogP contribution in [0.5, 0.6) is 11.5 Å². The summed E-state index contributed by atoms with van der Waals surface area (Å²) in [6.45, 7) is 0. The molecule has 0 fully saturated rings. The van der Waals surface area contributed by atoms with E-state index in [1.54, 1.807) is 55.1 Å². The van der Waals surface area contributed by atoms with Gasteiger partial charge in [0.05, 0.1) is 31.2 Å². The fourth-order valence-corrected chi connectivity index (χ4v) is 3.26. The molecule has 0 aliphatic carbocycles. The monoisotopic (exact) mass is 402 g/mol. The minimum atomic E-state index is -0.377. The van der Waals surface area contributed by atoms with Crippen LogP contribution in [0.3, 0.4) is 0 Å². The predicted molar refractivity (Wildman–Crippen MR) is 105 cm³/mol. The molecule has 0 aliphatic rings. The van der Waals surface area contributed by atoms with Crippen LogP contribution in [0.4, 0.5) is 10.1 Å². The second kappa shape index (κ2) is 8.75. The van der Waals surface area contributed by atoms with Gasteiger partial charge in [0.1, 0.15) is 17.3 Å². The molecule has 28 heavy (non-hydrogen) atoms. The van der Waals surface area contributed by atoms with Gasteiger partial charge in [-0.25, -0.2) is 4.39 Å². The summed E-state index contributed by atoms with van der Waals surface area (Å²) >= 11 is 1.20. The molecule has 3 rings (SSSR count). The van der Waals surface area contributed by atoms with E-state index in [-0.39, 0.29) is 17.5 Å². The van der Waals surface area contributed by atoms with Gasteiger partial charge in [0.15, 0.2) is 11.0 Å². The van der Waals surface area contributed by atoms with Gasteiger partial charge in [0.2, 0.25) is 5.91 Å². The third kappa shape index (κ3) is 4.25. The number of thioether (sulfide) groups is 1. The smallest absolute Gasteiger partial charge is 0.234 e. The van der Waals surface area contributed by atoms with Gasteiger partial charge < -0.3 is 19.4 Å². The van der Waals surface area contributed by atoms with Gasteiger partial charge in [-0.15, -0.1) is 10.2 Å². The van der Waals surface area contributed by atoms with Gasteiger partial charge in [0.25, 0.3) is 0 Å². The van der Waals surface area contributed by atoms with Gasteiger partial charge in [-0.1, -0.05) is 23.9 Å². The Morgan fingerprint density at radius 3 is 2.68 bits per heavy atom. The Balaban J connectivity index is 1.68. The van der Waals surface area contributed by atoms with Crippen molar-refractivity contribution in [2.45, 2.75) is 5.16 Å². The highest BCUT2D eigenvalue weighted by Gasteiger charge is 2.16. The molecule has 0 unspecified atom stereocenters. The molecule has 9 heteroatoms. The fraction of sp³-hybridized carbons (Fsp3) is 0.211. The fourth-order valence-electron chi connectivity index (χ4n) is 2.55. The summed E-state index contributed by atoms with van der Waals surface area (Å²) in [6, 6.07) is 11.5. The number of aromatic nitrogens is 3. The lowest BCUT2D eigenvalue weighted by molar-refractivity contribution is -0.113. The summed E-state index contributed by atoms with van der Waals surface area (Å²) in [7, 11) is 4.80. The van der Waals surface area contributed by atoms with Crippen molar-refractivity contribution in [1.82, 2.24) is 14.8 Å². The number of amides is 1. The third-order valence-electron chi connectivity index (χ3n) is 3.96. The van der Waals surface area contributed by atoms with Crippen molar-refractivity contribution in [3.05, 3.63) is 48.3 Å². The van der Waals surface area contributed by atoms with Crippen LogP contribution in [0, 0.1) is 5.82 Å².